The minimum atomic E-state index is -0.187. The highest BCUT2D eigenvalue weighted by atomic mass is 79.9. The van der Waals surface area contributed by atoms with Crippen LogP contribution in [0.25, 0.3) is 0 Å². The first kappa shape index (κ1) is 18.2. The third kappa shape index (κ3) is 5.44. The van der Waals surface area contributed by atoms with E-state index < -0.39 is 0 Å². The van der Waals surface area contributed by atoms with E-state index in [2.05, 4.69) is 50.6 Å². The fourth-order valence-corrected chi connectivity index (χ4v) is 4.67. The lowest BCUT2D eigenvalue weighted by atomic mass is 10.00. The van der Waals surface area contributed by atoms with Gasteiger partial charge in [-0.1, -0.05) is 34.1 Å². The Morgan fingerprint density at radius 1 is 1.20 bits per heavy atom. The molecule has 130 valence electrons. The highest BCUT2D eigenvalue weighted by Crippen LogP contribution is 2.38. The summed E-state index contributed by atoms with van der Waals surface area (Å²) in [6.07, 6.45) is 7.56. The van der Waals surface area contributed by atoms with Crippen molar-refractivity contribution in [2.75, 3.05) is 0 Å². The second-order valence-corrected chi connectivity index (χ2v) is 8.95. The van der Waals surface area contributed by atoms with Crippen LogP contribution in [0.3, 0.4) is 0 Å². The number of benzene rings is 2. The molecule has 2 nitrogen and oxygen atoms in total. The summed E-state index contributed by atoms with van der Waals surface area (Å²) in [4.78, 5) is 5.39. The largest absolute Gasteiger partial charge is 0.336 e. The zero-order chi connectivity index (χ0) is 17.7. The maximum Gasteiger partial charge on any atom is 0.123 e. The van der Waals surface area contributed by atoms with Gasteiger partial charge in [0.25, 0.3) is 0 Å². The Morgan fingerprint density at radius 2 is 2.00 bits per heavy atom. The lowest BCUT2D eigenvalue weighted by molar-refractivity contribution is 0.495. The molecule has 0 saturated carbocycles. The van der Waals surface area contributed by atoms with Gasteiger partial charge >= 0.3 is 0 Å². The lowest BCUT2D eigenvalue weighted by Crippen LogP contribution is -2.27. The van der Waals surface area contributed by atoms with Crippen molar-refractivity contribution in [2.24, 2.45) is 0 Å². The first-order chi connectivity index (χ1) is 12.0. The van der Waals surface area contributed by atoms with Crippen molar-refractivity contribution in [1.29, 1.82) is 0 Å². The summed E-state index contributed by atoms with van der Waals surface area (Å²) in [5, 5.41) is 0. The Labute approximate surface area is 160 Å². The van der Waals surface area contributed by atoms with Gasteiger partial charge < -0.3 is 4.57 Å². The Kier molecular flexibility index (Phi) is 5.97. The monoisotopic (exact) mass is 418 g/mol. The molecule has 1 atom stereocenters. The van der Waals surface area contributed by atoms with Crippen LogP contribution in [-0.4, -0.2) is 14.3 Å². The molecule has 1 unspecified atom stereocenters. The second kappa shape index (κ2) is 8.19. The van der Waals surface area contributed by atoms with Gasteiger partial charge in [-0.25, -0.2) is 9.37 Å². The Balaban J connectivity index is 1.76. The molecule has 0 aliphatic rings. The van der Waals surface area contributed by atoms with Crippen LogP contribution in [0.15, 0.2) is 76.6 Å². The molecule has 0 saturated heterocycles. The molecule has 25 heavy (non-hydrogen) atoms. The van der Waals surface area contributed by atoms with Gasteiger partial charge in [-0.3, -0.25) is 0 Å². The first-order valence-corrected chi connectivity index (χ1v) is 9.78. The van der Waals surface area contributed by atoms with Crippen molar-refractivity contribution in [3.05, 3.63) is 83.1 Å². The summed E-state index contributed by atoms with van der Waals surface area (Å²) in [6.45, 7) is 3.15. The molecule has 0 fully saturated rings. The Morgan fingerprint density at radius 3 is 2.68 bits per heavy atom. The predicted octanol–water partition coefficient (Wildman–Crippen LogP) is 5.97. The molecule has 2 aromatic carbocycles. The van der Waals surface area contributed by atoms with E-state index in [1.54, 1.807) is 0 Å². The molecule has 0 aliphatic carbocycles. The van der Waals surface area contributed by atoms with Gasteiger partial charge in [-0.05, 0) is 55.7 Å². The maximum absolute atomic E-state index is 13.1. The third-order valence-electron chi connectivity index (χ3n) is 4.09. The van der Waals surface area contributed by atoms with Crippen molar-refractivity contribution in [3.8, 4) is 0 Å². The summed E-state index contributed by atoms with van der Waals surface area (Å²) in [5.74, 6) is -0.187. The molecule has 0 spiro atoms. The zero-order valence-electron chi connectivity index (χ0n) is 14.0. The van der Waals surface area contributed by atoms with Gasteiger partial charge in [-0.15, -0.1) is 11.8 Å². The standard InChI is InChI=1S/C20H20BrFN2S/c1-20(14-24-12-11-23-15-24,25-19-4-2-3-17(21)13-19)10-9-16-5-7-18(22)8-6-16/h2-8,11-13,15H,9-10,14H2,1H3. The van der Waals surface area contributed by atoms with Crippen LogP contribution in [-0.2, 0) is 13.0 Å². The summed E-state index contributed by atoms with van der Waals surface area (Å²) in [5.41, 5.74) is 1.16. The van der Waals surface area contributed by atoms with E-state index >= 15 is 0 Å². The van der Waals surface area contributed by atoms with Gasteiger partial charge in [-0.2, -0.15) is 0 Å². The van der Waals surface area contributed by atoms with Crippen LogP contribution >= 0.6 is 27.7 Å². The number of hydrogen-bond acceptors (Lipinski definition) is 2. The van der Waals surface area contributed by atoms with Crippen molar-refractivity contribution >= 4 is 27.7 Å². The van der Waals surface area contributed by atoms with Crippen LogP contribution in [0, 0.1) is 5.82 Å². The van der Waals surface area contributed by atoms with Crippen LogP contribution in [0.2, 0.25) is 0 Å². The number of thioether (sulfide) groups is 1. The average Bonchev–Trinajstić information content (AvgIpc) is 3.07. The third-order valence-corrected chi connectivity index (χ3v) is 5.90. The molecular formula is C20H20BrFN2S. The molecule has 0 bridgehead atoms. The summed E-state index contributed by atoms with van der Waals surface area (Å²) < 4.78 is 16.3. The smallest absolute Gasteiger partial charge is 0.123 e. The van der Waals surface area contributed by atoms with E-state index in [-0.39, 0.29) is 10.6 Å². The topological polar surface area (TPSA) is 17.8 Å². The molecule has 0 aliphatic heterocycles. The molecule has 0 N–H and O–H groups in total. The zero-order valence-corrected chi connectivity index (χ0v) is 16.4. The van der Waals surface area contributed by atoms with Gasteiger partial charge in [0.15, 0.2) is 0 Å². The molecule has 3 rings (SSSR count). The normalized spacial score (nSPS) is 13.6. The molecule has 0 radical (unpaired) electrons. The fourth-order valence-electron chi connectivity index (χ4n) is 2.80. The number of imidazole rings is 1. The van der Waals surface area contributed by atoms with Gasteiger partial charge in [0.1, 0.15) is 5.82 Å². The van der Waals surface area contributed by atoms with Crippen molar-refractivity contribution < 1.29 is 4.39 Å². The van der Waals surface area contributed by atoms with E-state index in [9.17, 15) is 4.39 Å². The number of rotatable bonds is 7. The minimum absolute atomic E-state index is 0.00409. The van der Waals surface area contributed by atoms with E-state index in [1.165, 1.54) is 17.0 Å². The van der Waals surface area contributed by atoms with Crippen molar-refractivity contribution in [2.45, 2.75) is 36.0 Å². The molecule has 1 aromatic heterocycles. The minimum Gasteiger partial charge on any atom is -0.336 e. The number of aromatic nitrogens is 2. The number of nitrogens with zero attached hydrogens (tertiary/aromatic N) is 2. The molecule has 5 heteroatoms. The highest BCUT2D eigenvalue weighted by Gasteiger charge is 2.26. The maximum atomic E-state index is 13.1. The van der Waals surface area contributed by atoms with Crippen molar-refractivity contribution in [1.82, 2.24) is 9.55 Å². The van der Waals surface area contributed by atoms with Crippen LogP contribution in [0.1, 0.15) is 18.9 Å². The number of hydrogen-bond donors (Lipinski definition) is 0. The molecule has 1 heterocycles. The molecule has 0 amide bonds. The van der Waals surface area contributed by atoms with Crippen molar-refractivity contribution in [3.63, 3.8) is 0 Å². The van der Waals surface area contributed by atoms with Gasteiger partial charge in [0.05, 0.1) is 6.33 Å². The summed E-state index contributed by atoms with van der Waals surface area (Å²) >= 11 is 5.42. The fraction of sp³-hybridized carbons (Fsp3) is 0.250. The van der Waals surface area contributed by atoms with Gasteiger partial charge in [0, 0.05) is 33.1 Å². The van der Waals surface area contributed by atoms with E-state index in [4.69, 9.17) is 0 Å². The lowest BCUT2D eigenvalue weighted by Gasteiger charge is -2.30. The van der Waals surface area contributed by atoms with E-state index in [1.807, 2.05) is 48.7 Å². The SMILES string of the molecule is CC(CCc1ccc(F)cc1)(Cn1ccnc1)Sc1cccc(Br)c1. The molecule has 3 aromatic rings. The van der Waals surface area contributed by atoms with E-state index in [0.29, 0.717) is 0 Å². The van der Waals surface area contributed by atoms with Gasteiger partial charge in [0.2, 0.25) is 0 Å². The van der Waals surface area contributed by atoms with Crippen LogP contribution in [0.5, 0.6) is 0 Å². The number of aryl methyl sites for hydroxylation is 1. The average molecular weight is 419 g/mol. The summed E-state index contributed by atoms with van der Waals surface area (Å²) in [7, 11) is 0. The van der Waals surface area contributed by atoms with Crippen LogP contribution < -0.4 is 0 Å². The quantitative estimate of drug-likeness (QED) is 0.439. The summed E-state index contributed by atoms with van der Waals surface area (Å²) in [6, 6.07) is 15.2. The molecular weight excluding hydrogens is 399 g/mol. The predicted molar refractivity (Wildman–Crippen MR) is 105 cm³/mol. The highest BCUT2D eigenvalue weighted by molar-refractivity contribution is 9.10. The Hall–Kier alpha value is -1.59. The van der Waals surface area contributed by atoms with E-state index in [0.717, 1.165) is 29.4 Å². The second-order valence-electron chi connectivity index (χ2n) is 6.37. The number of halogens is 2. The van der Waals surface area contributed by atoms with Crippen LogP contribution in [0.4, 0.5) is 4.39 Å². The first-order valence-electron chi connectivity index (χ1n) is 8.17. The Bertz CT molecular complexity index is 805.